The summed E-state index contributed by atoms with van der Waals surface area (Å²) in [5.41, 5.74) is 1.02. The lowest BCUT2D eigenvalue weighted by Gasteiger charge is -2.13. The van der Waals surface area contributed by atoms with Crippen molar-refractivity contribution in [2.75, 3.05) is 13.7 Å². The Balaban J connectivity index is 2.44. The third kappa shape index (κ3) is 5.65. The maximum atomic E-state index is 5.63. The van der Waals surface area contributed by atoms with E-state index in [0.29, 0.717) is 12.6 Å². The predicted molar refractivity (Wildman–Crippen MR) is 68.2 cm³/mol. The molecule has 96 valence electrons. The van der Waals surface area contributed by atoms with Gasteiger partial charge in [-0.3, -0.25) is 4.98 Å². The summed E-state index contributed by atoms with van der Waals surface area (Å²) < 4.78 is 10.6. The second-order valence-electron chi connectivity index (χ2n) is 4.40. The van der Waals surface area contributed by atoms with Gasteiger partial charge in [-0.1, -0.05) is 13.8 Å². The summed E-state index contributed by atoms with van der Waals surface area (Å²) in [7, 11) is 1.67. The van der Waals surface area contributed by atoms with Crippen LogP contribution < -0.4 is 10.1 Å². The van der Waals surface area contributed by atoms with Crippen LogP contribution in [0.2, 0.25) is 0 Å². The zero-order chi connectivity index (χ0) is 12.7. The lowest BCUT2D eigenvalue weighted by Crippen LogP contribution is -2.22. The lowest BCUT2D eigenvalue weighted by molar-refractivity contribution is 0.0918. The number of aromatic nitrogens is 1. The third-order valence-corrected chi connectivity index (χ3v) is 2.23. The molecule has 4 nitrogen and oxygen atoms in total. The minimum Gasteiger partial charge on any atom is -0.487 e. The van der Waals surface area contributed by atoms with Crippen molar-refractivity contribution in [3.8, 4) is 5.75 Å². The Kier molecular flexibility index (Phi) is 5.94. The molecule has 1 aromatic rings. The van der Waals surface area contributed by atoms with Gasteiger partial charge in [0.05, 0.1) is 18.5 Å². The van der Waals surface area contributed by atoms with Crippen molar-refractivity contribution in [2.45, 2.75) is 39.5 Å². The second kappa shape index (κ2) is 7.25. The first-order chi connectivity index (χ1) is 8.11. The van der Waals surface area contributed by atoms with Crippen molar-refractivity contribution in [3.63, 3.8) is 0 Å². The van der Waals surface area contributed by atoms with Crippen LogP contribution in [0.5, 0.6) is 5.75 Å². The molecule has 0 amide bonds. The molecule has 0 aliphatic carbocycles. The number of ether oxygens (including phenoxy) is 2. The van der Waals surface area contributed by atoms with E-state index >= 15 is 0 Å². The van der Waals surface area contributed by atoms with Gasteiger partial charge in [0.2, 0.25) is 0 Å². The Bertz CT molecular complexity index is 312. The highest BCUT2D eigenvalue weighted by Crippen LogP contribution is 2.11. The van der Waals surface area contributed by atoms with E-state index in [4.69, 9.17) is 9.47 Å². The van der Waals surface area contributed by atoms with Crippen molar-refractivity contribution in [1.29, 1.82) is 0 Å². The van der Waals surface area contributed by atoms with E-state index in [1.165, 1.54) is 0 Å². The Hall–Kier alpha value is -1.13. The summed E-state index contributed by atoms with van der Waals surface area (Å²) in [5, 5.41) is 3.32. The number of nitrogens with zero attached hydrogens (tertiary/aromatic N) is 1. The van der Waals surface area contributed by atoms with Crippen molar-refractivity contribution < 1.29 is 9.47 Å². The largest absolute Gasteiger partial charge is 0.487 e. The van der Waals surface area contributed by atoms with Gasteiger partial charge in [-0.05, 0) is 19.1 Å². The highest BCUT2D eigenvalue weighted by Gasteiger charge is 2.04. The van der Waals surface area contributed by atoms with Crippen LogP contribution in [0.1, 0.15) is 26.5 Å². The van der Waals surface area contributed by atoms with Crippen LogP contribution in [0.15, 0.2) is 18.3 Å². The first kappa shape index (κ1) is 13.9. The Morgan fingerprint density at radius 2 is 2.06 bits per heavy atom. The zero-order valence-corrected chi connectivity index (χ0v) is 11.1. The molecule has 1 aromatic heterocycles. The van der Waals surface area contributed by atoms with E-state index in [-0.39, 0.29) is 6.10 Å². The van der Waals surface area contributed by atoms with Crippen LogP contribution in [-0.2, 0) is 11.3 Å². The summed E-state index contributed by atoms with van der Waals surface area (Å²) in [5.74, 6) is 0.780. The number of hydrogen-bond acceptors (Lipinski definition) is 4. The first-order valence-corrected chi connectivity index (χ1v) is 5.95. The van der Waals surface area contributed by atoms with Crippen LogP contribution in [0.25, 0.3) is 0 Å². The fourth-order valence-corrected chi connectivity index (χ4v) is 1.39. The summed E-state index contributed by atoms with van der Waals surface area (Å²) in [6.07, 6.45) is 1.80. The van der Waals surface area contributed by atoms with Gasteiger partial charge in [0.25, 0.3) is 0 Å². The average Bonchev–Trinajstić information content (AvgIpc) is 2.28. The smallest absolute Gasteiger partial charge is 0.138 e. The quantitative estimate of drug-likeness (QED) is 0.789. The van der Waals surface area contributed by atoms with Gasteiger partial charge >= 0.3 is 0 Å². The van der Waals surface area contributed by atoms with Crippen LogP contribution in [-0.4, -0.2) is 30.8 Å². The van der Waals surface area contributed by atoms with E-state index in [1.807, 2.05) is 19.1 Å². The maximum Gasteiger partial charge on any atom is 0.138 e. The predicted octanol–water partition coefficient (Wildman–Crippen LogP) is 1.99. The lowest BCUT2D eigenvalue weighted by atomic mass is 10.3. The maximum absolute atomic E-state index is 5.63. The molecule has 0 aromatic carbocycles. The van der Waals surface area contributed by atoms with Crippen LogP contribution in [0.3, 0.4) is 0 Å². The molecule has 0 fully saturated rings. The summed E-state index contributed by atoms with van der Waals surface area (Å²) in [6, 6.07) is 4.38. The third-order valence-electron chi connectivity index (χ3n) is 2.23. The number of pyridine rings is 1. The topological polar surface area (TPSA) is 43.4 Å². The molecule has 17 heavy (non-hydrogen) atoms. The minimum absolute atomic E-state index is 0.0430. The summed E-state index contributed by atoms with van der Waals surface area (Å²) in [6.45, 7) is 7.56. The van der Waals surface area contributed by atoms with Gasteiger partial charge in [-0.25, -0.2) is 0 Å². The normalized spacial score (nSPS) is 12.8. The number of rotatable bonds is 7. The molecule has 0 radical (unpaired) electrons. The molecule has 0 spiro atoms. The second-order valence-corrected chi connectivity index (χ2v) is 4.40. The van der Waals surface area contributed by atoms with E-state index < -0.39 is 0 Å². The minimum atomic E-state index is 0.0430. The van der Waals surface area contributed by atoms with Crippen LogP contribution in [0.4, 0.5) is 0 Å². The van der Waals surface area contributed by atoms with Crippen LogP contribution in [0, 0.1) is 0 Å². The molecule has 1 rings (SSSR count). The highest BCUT2D eigenvalue weighted by atomic mass is 16.5. The molecular formula is C13H22N2O2. The summed E-state index contributed by atoms with van der Waals surface area (Å²) >= 11 is 0. The molecule has 0 bridgehead atoms. The fourth-order valence-electron chi connectivity index (χ4n) is 1.39. The molecule has 1 atom stereocenters. The molecule has 0 saturated carbocycles. The molecule has 1 heterocycles. The number of hydrogen-bond donors (Lipinski definition) is 1. The van der Waals surface area contributed by atoms with E-state index in [0.717, 1.165) is 18.0 Å². The van der Waals surface area contributed by atoms with E-state index in [2.05, 4.69) is 24.1 Å². The SMILES string of the molecule is COCC(C)Oc1ccc(CNC(C)C)nc1. The average molecular weight is 238 g/mol. The van der Waals surface area contributed by atoms with Gasteiger partial charge in [0.1, 0.15) is 11.9 Å². The van der Waals surface area contributed by atoms with Crippen molar-refractivity contribution in [1.82, 2.24) is 10.3 Å². The van der Waals surface area contributed by atoms with Gasteiger partial charge in [-0.15, -0.1) is 0 Å². The van der Waals surface area contributed by atoms with Gasteiger partial charge in [0, 0.05) is 19.7 Å². The Morgan fingerprint density at radius 1 is 1.29 bits per heavy atom. The van der Waals surface area contributed by atoms with E-state index in [1.54, 1.807) is 13.3 Å². The number of methoxy groups -OCH3 is 1. The Labute approximate surface area is 103 Å². The standard InChI is InChI=1S/C13H22N2O2/c1-10(2)14-7-12-5-6-13(8-15-12)17-11(3)9-16-4/h5-6,8,10-11,14H,7,9H2,1-4H3. The molecule has 0 saturated heterocycles. The zero-order valence-electron chi connectivity index (χ0n) is 11.1. The monoisotopic (exact) mass is 238 g/mol. The molecular weight excluding hydrogens is 216 g/mol. The fraction of sp³-hybridized carbons (Fsp3) is 0.615. The number of nitrogens with one attached hydrogen (secondary N) is 1. The first-order valence-electron chi connectivity index (χ1n) is 5.95. The molecule has 1 unspecified atom stereocenters. The van der Waals surface area contributed by atoms with Crippen LogP contribution >= 0.6 is 0 Å². The van der Waals surface area contributed by atoms with Crippen molar-refractivity contribution >= 4 is 0 Å². The molecule has 4 heteroatoms. The molecule has 0 aliphatic rings. The van der Waals surface area contributed by atoms with Gasteiger partial charge < -0.3 is 14.8 Å². The molecule has 0 aliphatic heterocycles. The summed E-state index contributed by atoms with van der Waals surface area (Å²) in [4.78, 5) is 4.34. The van der Waals surface area contributed by atoms with E-state index in [9.17, 15) is 0 Å². The van der Waals surface area contributed by atoms with Gasteiger partial charge in [-0.2, -0.15) is 0 Å². The Morgan fingerprint density at radius 3 is 2.59 bits per heavy atom. The van der Waals surface area contributed by atoms with Gasteiger partial charge in [0.15, 0.2) is 0 Å². The highest BCUT2D eigenvalue weighted by molar-refractivity contribution is 5.20. The van der Waals surface area contributed by atoms with Crippen molar-refractivity contribution in [2.24, 2.45) is 0 Å². The van der Waals surface area contributed by atoms with Crippen molar-refractivity contribution in [3.05, 3.63) is 24.0 Å². The molecule has 1 N–H and O–H groups in total.